The van der Waals surface area contributed by atoms with E-state index in [1.165, 1.54) is 7.11 Å². The summed E-state index contributed by atoms with van der Waals surface area (Å²) in [6.07, 6.45) is 0.301. The average molecular weight is 291 g/mol. The Hall–Kier alpha value is -0.780. The molecule has 70 valence electrons. The zero-order chi connectivity index (χ0) is 9.84. The maximum absolute atomic E-state index is 11.0. The van der Waals surface area contributed by atoms with Crippen LogP contribution in [0.2, 0.25) is 0 Å². The van der Waals surface area contributed by atoms with Crippen molar-refractivity contribution in [2.45, 2.75) is 6.42 Å². The Balaban J connectivity index is 2.83. The van der Waals surface area contributed by atoms with Gasteiger partial charge < -0.3 is 10.5 Å². The van der Waals surface area contributed by atoms with Gasteiger partial charge in [-0.05, 0) is 40.3 Å². The van der Waals surface area contributed by atoms with Crippen LogP contribution < -0.4 is 5.73 Å². The zero-order valence-electron chi connectivity index (χ0n) is 7.21. The molecule has 0 fully saturated rings. The zero-order valence-corrected chi connectivity index (χ0v) is 9.37. The lowest BCUT2D eigenvalue weighted by atomic mass is 10.1. The summed E-state index contributed by atoms with van der Waals surface area (Å²) in [4.78, 5) is 11.0. The summed E-state index contributed by atoms with van der Waals surface area (Å²) in [6.45, 7) is 0. The van der Waals surface area contributed by atoms with E-state index >= 15 is 0 Å². The van der Waals surface area contributed by atoms with Crippen molar-refractivity contribution < 1.29 is 9.53 Å². The highest BCUT2D eigenvalue weighted by molar-refractivity contribution is 14.1. The lowest BCUT2D eigenvalue weighted by Crippen LogP contribution is -2.06. The molecular weight excluding hydrogens is 281 g/mol. The first kappa shape index (κ1) is 10.3. The van der Waals surface area contributed by atoms with Crippen LogP contribution in [0.5, 0.6) is 0 Å². The summed E-state index contributed by atoms with van der Waals surface area (Å²) in [5.41, 5.74) is 7.22. The van der Waals surface area contributed by atoms with E-state index in [2.05, 4.69) is 27.3 Å². The number of carbonyl (C=O) groups is 1. The van der Waals surface area contributed by atoms with Gasteiger partial charge in [-0.2, -0.15) is 0 Å². The standard InChI is InChI=1S/C9H10INO2/c1-13-9(12)4-6-2-3-7(11)5-8(6)10/h2-3,5H,4,11H2,1H3. The fourth-order valence-electron chi connectivity index (χ4n) is 0.935. The average Bonchev–Trinajstić information content (AvgIpc) is 2.09. The molecule has 0 spiro atoms. The van der Waals surface area contributed by atoms with Crippen LogP contribution in [0.4, 0.5) is 5.69 Å². The number of benzene rings is 1. The molecule has 0 aliphatic rings. The number of carbonyl (C=O) groups excluding carboxylic acids is 1. The fourth-order valence-corrected chi connectivity index (χ4v) is 1.66. The molecule has 0 radical (unpaired) electrons. The first-order valence-electron chi connectivity index (χ1n) is 3.74. The van der Waals surface area contributed by atoms with Crippen LogP contribution in [0.25, 0.3) is 0 Å². The van der Waals surface area contributed by atoms with Gasteiger partial charge >= 0.3 is 5.97 Å². The Morgan fingerprint density at radius 3 is 2.85 bits per heavy atom. The Morgan fingerprint density at radius 2 is 2.31 bits per heavy atom. The minimum atomic E-state index is -0.234. The number of ether oxygens (including phenoxy) is 1. The topological polar surface area (TPSA) is 52.3 Å². The van der Waals surface area contributed by atoms with Gasteiger partial charge in [0.2, 0.25) is 0 Å². The maximum atomic E-state index is 11.0. The van der Waals surface area contributed by atoms with E-state index in [1.54, 1.807) is 6.07 Å². The number of esters is 1. The van der Waals surface area contributed by atoms with Gasteiger partial charge in [-0.15, -0.1) is 0 Å². The molecule has 0 heterocycles. The van der Waals surface area contributed by atoms with Gasteiger partial charge in [0.1, 0.15) is 0 Å². The van der Waals surface area contributed by atoms with Gasteiger partial charge in [0.05, 0.1) is 13.5 Å². The smallest absolute Gasteiger partial charge is 0.310 e. The first-order valence-corrected chi connectivity index (χ1v) is 4.82. The molecule has 0 aromatic heterocycles. The Labute approximate surface area is 90.4 Å². The van der Waals surface area contributed by atoms with Crippen molar-refractivity contribution in [2.75, 3.05) is 12.8 Å². The highest BCUT2D eigenvalue weighted by atomic mass is 127. The number of nitrogen functional groups attached to an aromatic ring is 1. The number of nitrogens with two attached hydrogens (primary N) is 1. The summed E-state index contributed by atoms with van der Waals surface area (Å²) in [6, 6.07) is 5.45. The van der Waals surface area contributed by atoms with Crippen LogP contribution >= 0.6 is 22.6 Å². The summed E-state index contributed by atoms with van der Waals surface area (Å²) in [5.74, 6) is -0.234. The monoisotopic (exact) mass is 291 g/mol. The molecule has 0 amide bonds. The largest absolute Gasteiger partial charge is 0.469 e. The number of anilines is 1. The lowest BCUT2D eigenvalue weighted by molar-refractivity contribution is -0.139. The molecule has 1 aromatic carbocycles. The molecule has 0 aliphatic heterocycles. The summed E-state index contributed by atoms with van der Waals surface area (Å²) in [5, 5.41) is 0. The Kier molecular flexibility index (Phi) is 3.53. The second-order valence-corrected chi connectivity index (χ2v) is 3.77. The van der Waals surface area contributed by atoms with E-state index in [9.17, 15) is 4.79 Å². The molecule has 0 aliphatic carbocycles. The van der Waals surface area contributed by atoms with Crippen molar-refractivity contribution >= 4 is 34.2 Å². The third-order valence-electron chi connectivity index (χ3n) is 1.64. The predicted octanol–water partition coefficient (Wildman–Crippen LogP) is 1.59. The van der Waals surface area contributed by atoms with Crippen LogP contribution in [0.15, 0.2) is 18.2 Å². The number of rotatable bonds is 2. The molecule has 1 rings (SSSR count). The van der Waals surface area contributed by atoms with Gasteiger partial charge in [-0.25, -0.2) is 0 Å². The minimum absolute atomic E-state index is 0.234. The number of hydrogen-bond acceptors (Lipinski definition) is 3. The van der Waals surface area contributed by atoms with Crippen molar-refractivity contribution in [3.05, 3.63) is 27.3 Å². The van der Waals surface area contributed by atoms with Gasteiger partial charge in [-0.1, -0.05) is 6.07 Å². The van der Waals surface area contributed by atoms with E-state index < -0.39 is 0 Å². The van der Waals surface area contributed by atoms with Crippen LogP contribution in [-0.2, 0) is 16.0 Å². The van der Waals surface area contributed by atoms with E-state index in [4.69, 9.17) is 5.73 Å². The summed E-state index contributed by atoms with van der Waals surface area (Å²) >= 11 is 2.15. The number of hydrogen-bond donors (Lipinski definition) is 1. The van der Waals surface area contributed by atoms with E-state index in [1.807, 2.05) is 12.1 Å². The van der Waals surface area contributed by atoms with E-state index in [-0.39, 0.29) is 5.97 Å². The maximum Gasteiger partial charge on any atom is 0.310 e. The van der Waals surface area contributed by atoms with Gasteiger partial charge in [0.25, 0.3) is 0 Å². The summed E-state index contributed by atoms with van der Waals surface area (Å²) < 4.78 is 5.55. The predicted molar refractivity (Wildman–Crippen MR) is 59.3 cm³/mol. The van der Waals surface area contributed by atoms with Gasteiger partial charge in [0, 0.05) is 9.26 Å². The normalized spacial score (nSPS) is 9.69. The van der Waals surface area contributed by atoms with Crippen molar-refractivity contribution in [3.8, 4) is 0 Å². The number of halogens is 1. The van der Waals surface area contributed by atoms with Crippen molar-refractivity contribution in [1.29, 1.82) is 0 Å². The lowest BCUT2D eigenvalue weighted by Gasteiger charge is -2.03. The third-order valence-corrected chi connectivity index (χ3v) is 2.64. The molecule has 4 heteroatoms. The second kappa shape index (κ2) is 4.45. The van der Waals surface area contributed by atoms with Crippen molar-refractivity contribution in [3.63, 3.8) is 0 Å². The first-order chi connectivity index (χ1) is 6.13. The van der Waals surface area contributed by atoms with Crippen LogP contribution in [0.3, 0.4) is 0 Å². The van der Waals surface area contributed by atoms with Crippen LogP contribution in [0.1, 0.15) is 5.56 Å². The SMILES string of the molecule is COC(=O)Cc1ccc(N)cc1I. The molecule has 0 saturated heterocycles. The molecule has 0 bridgehead atoms. The van der Waals surface area contributed by atoms with Crippen molar-refractivity contribution in [1.82, 2.24) is 0 Å². The molecule has 1 aromatic rings. The van der Waals surface area contributed by atoms with E-state index in [0.717, 1.165) is 9.13 Å². The van der Waals surface area contributed by atoms with Gasteiger partial charge in [-0.3, -0.25) is 4.79 Å². The van der Waals surface area contributed by atoms with E-state index in [0.29, 0.717) is 12.1 Å². The molecule has 0 unspecified atom stereocenters. The van der Waals surface area contributed by atoms with Crippen LogP contribution in [-0.4, -0.2) is 13.1 Å². The number of methoxy groups -OCH3 is 1. The highest BCUT2D eigenvalue weighted by Gasteiger charge is 2.06. The summed E-state index contributed by atoms with van der Waals surface area (Å²) in [7, 11) is 1.38. The third kappa shape index (κ3) is 2.87. The highest BCUT2D eigenvalue weighted by Crippen LogP contribution is 2.16. The Bertz CT molecular complexity index is 325. The molecule has 0 atom stereocenters. The molecule has 2 N–H and O–H groups in total. The molecular formula is C9H10INO2. The van der Waals surface area contributed by atoms with Gasteiger partial charge in [0.15, 0.2) is 0 Å². The molecule has 0 saturated carbocycles. The second-order valence-electron chi connectivity index (χ2n) is 2.60. The minimum Gasteiger partial charge on any atom is -0.469 e. The quantitative estimate of drug-likeness (QED) is 0.511. The van der Waals surface area contributed by atoms with Crippen LogP contribution in [0, 0.1) is 3.57 Å². The van der Waals surface area contributed by atoms with Crippen molar-refractivity contribution in [2.24, 2.45) is 0 Å². The molecule has 13 heavy (non-hydrogen) atoms. The Morgan fingerprint density at radius 1 is 1.62 bits per heavy atom. The fraction of sp³-hybridized carbons (Fsp3) is 0.222. The molecule has 3 nitrogen and oxygen atoms in total.